The van der Waals surface area contributed by atoms with Gasteiger partial charge in [0.15, 0.2) is 0 Å². The molecule has 2 aliphatic rings. The minimum Gasteiger partial charge on any atom is -0.303 e. The van der Waals surface area contributed by atoms with E-state index in [0.29, 0.717) is 19.5 Å². The molecule has 1 aromatic heterocycles. The lowest BCUT2D eigenvalue weighted by Crippen LogP contribution is -2.43. The summed E-state index contributed by atoms with van der Waals surface area (Å²) < 4.78 is 28.6. The summed E-state index contributed by atoms with van der Waals surface area (Å²) >= 11 is 0. The average molecular weight is 340 g/mol. The van der Waals surface area contributed by atoms with Crippen LogP contribution in [0.4, 0.5) is 0 Å². The third-order valence-electron chi connectivity index (χ3n) is 4.93. The summed E-state index contributed by atoms with van der Waals surface area (Å²) in [5, 5.41) is 4.44. The molecule has 3 heterocycles. The van der Waals surface area contributed by atoms with Crippen molar-refractivity contribution in [2.75, 3.05) is 31.9 Å². The van der Waals surface area contributed by atoms with E-state index in [2.05, 4.69) is 10.00 Å². The molecule has 0 radical (unpaired) electrons. The molecule has 130 valence electrons. The van der Waals surface area contributed by atoms with Gasteiger partial charge >= 0.3 is 0 Å². The molecule has 0 saturated carbocycles. The van der Waals surface area contributed by atoms with Crippen molar-refractivity contribution in [2.24, 2.45) is 0 Å². The molecular formula is C16H28N4O2S. The van der Waals surface area contributed by atoms with Crippen LogP contribution in [0.15, 0.2) is 12.3 Å². The minimum absolute atomic E-state index is 0.155. The number of nitrogens with zero attached hydrogens (tertiary/aromatic N) is 4. The molecule has 0 amide bonds. The molecule has 0 N–H and O–H groups in total. The summed E-state index contributed by atoms with van der Waals surface area (Å²) in [4.78, 5) is 2.51. The Morgan fingerprint density at radius 1 is 1.26 bits per heavy atom. The third-order valence-corrected chi connectivity index (χ3v) is 6.92. The molecule has 1 fully saturated rings. The van der Waals surface area contributed by atoms with Crippen LogP contribution in [-0.4, -0.2) is 59.3 Å². The van der Waals surface area contributed by atoms with Crippen molar-refractivity contribution in [1.29, 1.82) is 0 Å². The second-order valence-electron chi connectivity index (χ2n) is 6.72. The Bertz CT molecular complexity index is 607. The standard InChI is InChI=1S/C16H28N4O2S/c1-2-12-23(21,22)19-13-15-6-8-17-20(15)16(14-19)7-11-18-9-4-3-5-10-18/h6,8,16H,2-5,7,9-14H2,1H3. The molecule has 2 aliphatic heterocycles. The van der Waals surface area contributed by atoms with E-state index in [9.17, 15) is 8.42 Å². The fourth-order valence-corrected chi connectivity index (χ4v) is 5.18. The second kappa shape index (κ2) is 7.32. The lowest BCUT2D eigenvalue weighted by molar-refractivity contribution is 0.189. The highest BCUT2D eigenvalue weighted by molar-refractivity contribution is 7.89. The van der Waals surface area contributed by atoms with Gasteiger partial charge in [-0.25, -0.2) is 8.42 Å². The molecule has 23 heavy (non-hydrogen) atoms. The molecule has 1 saturated heterocycles. The predicted octanol–water partition coefficient (Wildman–Crippen LogP) is 1.86. The van der Waals surface area contributed by atoms with E-state index in [1.807, 2.05) is 17.7 Å². The molecule has 0 aliphatic carbocycles. The Balaban J connectivity index is 1.69. The van der Waals surface area contributed by atoms with Gasteiger partial charge < -0.3 is 4.90 Å². The van der Waals surface area contributed by atoms with Gasteiger partial charge in [0.25, 0.3) is 0 Å². The molecule has 1 atom stereocenters. The topological polar surface area (TPSA) is 58.4 Å². The largest absolute Gasteiger partial charge is 0.303 e. The SMILES string of the molecule is CCCS(=O)(=O)N1Cc2ccnn2C(CCN2CCCCC2)C1. The fourth-order valence-electron chi connectivity index (χ4n) is 3.68. The lowest BCUT2D eigenvalue weighted by Gasteiger charge is -2.35. The summed E-state index contributed by atoms with van der Waals surface area (Å²) in [5.41, 5.74) is 1.01. The van der Waals surface area contributed by atoms with Crippen LogP contribution in [0.25, 0.3) is 0 Å². The minimum atomic E-state index is -3.15. The average Bonchev–Trinajstić information content (AvgIpc) is 3.02. The maximum Gasteiger partial charge on any atom is 0.214 e. The van der Waals surface area contributed by atoms with Crippen molar-refractivity contribution in [3.8, 4) is 0 Å². The van der Waals surface area contributed by atoms with E-state index in [1.54, 1.807) is 10.5 Å². The maximum atomic E-state index is 12.5. The Hall–Kier alpha value is -0.920. The summed E-state index contributed by atoms with van der Waals surface area (Å²) in [5.74, 6) is 0.236. The highest BCUT2D eigenvalue weighted by atomic mass is 32.2. The molecule has 1 aromatic rings. The van der Waals surface area contributed by atoms with Gasteiger partial charge in [0, 0.05) is 19.3 Å². The van der Waals surface area contributed by atoms with Gasteiger partial charge in [-0.15, -0.1) is 0 Å². The van der Waals surface area contributed by atoms with Gasteiger partial charge in [-0.3, -0.25) is 4.68 Å². The summed E-state index contributed by atoms with van der Waals surface area (Å²) in [6.45, 7) is 6.33. The molecule has 1 unspecified atom stereocenters. The van der Waals surface area contributed by atoms with Crippen molar-refractivity contribution < 1.29 is 8.42 Å². The number of piperidine rings is 1. The number of aromatic nitrogens is 2. The first-order valence-corrected chi connectivity index (χ1v) is 10.4. The molecule has 6 nitrogen and oxygen atoms in total. The van der Waals surface area contributed by atoms with Gasteiger partial charge in [-0.2, -0.15) is 9.40 Å². The van der Waals surface area contributed by atoms with Crippen LogP contribution in [0.1, 0.15) is 50.8 Å². The number of hydrogen-bond donors (Lipinski definition) is 0. The lowest BCUT2D eigenvalue weighted by atomic mass is 10.1. The van der Waals surface area contributed by atoms with E-state index in [0.717, 1.165) is 18.7 Å². The summed E-state index contributed by atoms with van der Waals surface area (Å²) in [7, 11) is -3.15. The Kier molecular flexibility index (Phi) is 5.38. The number of rotatable bonds is 6. The number of sulfonamides is 1. The van der Waals surface area contributed by atoms with E-state index in [1.165, 1.54) is 32.4 Å². The van der Waals surface area contributed by atoms with Crippen LogP contribution in [0.2, 0.25) is 0 Å². The van der Waals surface area contributed by atoms with Crippen LogP contribution in [0.3, 0.4) is 0 Å². The van der Waals surface area contributed by atoms with Gasteiger partial charge in [-0.1, -0.05) is 13.3 Å². The van der Waals surface area contributed by atoms with Gasteiger partial charge in [0.1, 0.15) is 0 Å². The Labute approximate surface area is 139 Å². The van der Waals surface area contributed by atoms with E-state index >= 15 is 0 Å². The quantitative estimate of drug-likeness (QED) is 0.793. The first-order chi connectivity index (χ1) is 11.1. The predicted molar refractivity (Wildman–Crippen MR) is 90.7 cm³/mol. The van der Waals surface area contributed by atoms with Gasteiger partial charge in [0.2, 0.25) is 10.0 Å². The highest BCUT2D eigenvalue weighted by Crippen LogP contribution is 2.26. The molecule has 3 rings (SSSR count). The smallest absolute Gasteiger partial charge is 0.214 e. The summed E-state index contributed by atoms with van der Waals surface area (Å²) in [6.07, 6.45) is 7.33. The number of fused-ring (bicyclic) bond motifs is 1. The zero-order valence-corrected chi connectivity index (χ0v) is 14.8. The maximum absolute atomic E-state index is 12.5. The van der Waals surface area contributed by atoms with Crippen molar-refractivity contribution in [1.82, 2.24) is 19.0 Å². The first-order valence-electron chi connectivity index (χ1n) is 8.82. The molecule has 0 spiro atoms. The number of hydrogen-bond acceptors (Lipinski definition) is 4. The molecule has 0 aromatic carbocycles. The molecule has 0 bridgehead atoms. The Morgan fingerprint density at radius 2 is 2.04 bits per heavy atom. The molecule has 7 heteroatoms. The van der Waals surface area contributed by atoms with Gasteiger partial charge in [0.05, 0.1) is 24.0 Å². The second-order valence-corrected chi connectivity index (χ2v) is 8.81. The Morgan fingerprint density at radius 3 is 2.78 bits per heavy atom. The van der Waals surface area contributed by atoms with Crippen molar-refractivity contribution >= 4 is 10.0 Å². The van der Waals surface area contributed by atoms with Crippen molar-refractivity contribution in [3.63, 3.8) is 0 Å². The van der Waals surface area contributed by atoms with Crippen molar-refractivity contribution in [3.05, 3.63) is 18.0 Å². The highest BCUT2D eigenvalue weighted by Gasteiger charge is 2.32. The van der Waals surface area contributed by atoms with Crippen LogP contribution >= 0.6 is 0 Å². The third kappa shape index (κ3) is 3.95. The number of likely N-dealkylation sites (tertiary alicyclic amines) is 1. The summed E-state index contributed by atoms with van der Waals surface area (Å²) in [6, 6.07) is 2.10. The monoisotopic (exact) mass is 340 g/mol. The van der Waals surface area contributed by atoms with Crippen LogP contribution in [0, 0.1) is 0 Å². The molecular weight excluding hydrogens is 312 g/mol. The van der Waals surface area contributed by atoms with Gasteiger partial charge in [-0.05, 0) is 44.8 Å². The van der Waals surface area contributed by atoms with E-state index < -0.39 is 10.0 Å². The van der Waals surface area contributed by atoms with Crippen LogP contribution < -0.4 is 0 Å². The fraction of sp³-hybridized carbons (Fsp3) is 0.812. The first kappa shape index (κ1) is 16.9. The zero-order chi connectivity index (χ0) is 16.3. The van der Waals surface area contributed by atoms with Crippen LogP contribution in [0.5, 0.6) is 0 Å². The normalized spacial score (nSPS) is 23.8. The van der Waals surface area contributed by atoms with E-state index in [-0.39, 0.29) is 11.8 Å². The zero-order valence-electron chi connectivity index (χ0n) is 14.0. The van der Waals surface area contributed by atoms with Crippen molar-refractivity contribution in [2.45, 2.75) is 51.6 Å². The van der Waals surface area contributed by atoms with Crippen LogP contribution in [-0.2, 0) is 16.6 Å². The van der Waals surface area contributed by atoms with E-state index in [4.69, 9.17) is 0 Å².